The summed E-state index contributed by atoms with van der Waals surface area (Å²) in [6, 6.07) is 0. The molecule has 1 unspecified atom stereocenters. The van der Waals surface area contributed by atoms with E-state index < -0.39 is 0 Å². The van der Waals surface area contributed by atoms with Crippen molar-refractivity contribution < 1.29 is 9.53 Å². The molecule has 1 aliphatic heterocycles. The second-order valence-corrected chi connectivity index (χ2v) is 4.70. The van der Waals surface area contributed by atoms with E-state index in [0.29, 0.717) is 24.4 Å². The summed E-state index contributed by atoms with van der Waals surface area (Å²) >= 11 is 5.97. The van der Waals surface area contributed by atoms with Crippen LogP contribution in [0.1, 0.15) is 12.8 Å². The van der Waals surface area contributed by atoms with Gasteiger partial charge in [-0.2, -0.15) is 9.97 Å². The first kappa shape index (κ1) is 12.3. The van der Waals surface area contributed by atoms with Gasteiger partial charge in [0.25, 0.3) is 0 Å². The number of carbonyl (C=O) groups is 1. The predicted molar refractivity (Wildman–Crippen MR) is 68.9 cm³/mol. The van der Waals surface area contributed by atoms with Crippen LogP contribution >= 0.6 is 11.6 Å². The van der Waals surface area contributed by atoms with Crippen LogP contribution in [0.3, 0.4) is 0 Å². The minimum Gasteiger partial charge on any atom is -0.381 e. The largest absolute Gasteiger partial charge is 0.381 e. The van der Waals surface area contributed by atoms with Gasteiger partial charge in [-0.05, 0) is 12.8 Å². The van der Waals surface area contributed by atoms with Gasteiger partial charge in [0.05, 0.1) is 18.9 Å². The van der Waals surface area contributed by atoms with Crippen LogP contribution in [0.15, 0.2) is 6.33 Å². The first-order chi connectivity index (χ1) is 9.24. The molecule has 8 heteroatoms. The summed E-state index contributed by atoms with van der Waals surface area (Å²) in [5, 5.41) is 2.89. The minimum absolute atomic E-state index is 0.148. The molecular weight excluding hydrogens is 270 g/mol. The van der Waals surface area contributed by atoms with Crippen LogP contribution in [-0.2, 0) is 9.53 Å². The van der Waals surface area contributed by atoms with Crippen LogP contribution in [0.2, 0.25) is 5.15 Å². The van der Waals surface area contributed by atoms with Gasteiger partial charge in [-0.25, -0.2) is 4.98 Å². The van der Waals surface area contributed by atoms with E-state index in [2.05, 4.69) is 25.3 Å². The maximum absolute atomic E-state index is 12.0. The van der Waals surface area contributed by atoms with E-state index in [1.54, 1.807) is 0 Å². The zero-order valence-corrected chi connectivity index (χ0v) is 10.8. The van der Waals surface area contributed by atoms with Crippen molar-refractivity contribution in [1.29, 1.82) is 0 Å². The Hall–Kier alpha value is -1.73. The standard InChI is InChI=1S/C11H12ClN5O2/c12-8-7-9(14-5-13-7)16-11(15-8)17-10(18)6-2-1-3-19-4-6/h5-6H,1-4H2,(H2,13,14,15,16,17,18). The van der Waals surface area contributed by atoms with E-state index in [9.17, 15) is 4.79 Å². The first-order valence-corrected chi connectivity index (χ1v) is 6.37. The number of imidazole rings is 1. The minimum atomic E-state index is -0.161. The number of nitrogens with zero attached hydrogens (tertiary/aromatic N) is 3. The average Bonchev–Trinajstić information content (AvgIpc) is 2.88. The number of amides is 1. The van der Waals surface area contributed by atoms with Gasteiger partial charge >= 0.3 is 0 Å². The molecule has 3 rings (SSSR count). The van der Waals surface area contributed by atoms with Gasteiger partial charge < -0.3 is 9.72 Å². The Bertz CT molecular complexity index is 608. The number of ether oxygens (including phenoxy) is 1. The zero-order valence-electron chi connectivity index (χ0n) is 10.0. The van der Waals surface area contributed by atoms with E-state index >= 15 is 0 Å². The highest BCUT2D eigenvalue weighted by Crippen LogP contribution is 2.20. The lowest BCUT2D eigenvalue weighted by Crippen LogP contribution is -2.30. The summed E-state index contributed by atoms with van der Waals surface area (Å²) in [6.07, 6.45) is 3.17. The van der Waals surface area contributed by atoms with Crippen molar-refractivity contribution in [1.82, 2.24) is 19.9 Å². The molecule has 19 heavy (non-hydrogen) atoms. The lowest BCUT2D eigenvalue weighted by atomic mass is 10.0. The van der Waals surface area contributed by atoms with Crippen LogP contribution in [0.25, 0.3) is 11.2 Å². The van der Waals surface area contributed by atoms with Crippen LogP contribution in [-0.4, -0.2) is 39.1 Å². The topological polar surface area (TPSA) is 92.8 Å². The second-order valence-electron chi connectivity index (χ2n) is 4.34. The summed E-state index contributed by atoms with van der Waals surface area (Å²) in [5.41, 5.74) is 0.982. The fraction of sp³-hybridized carbons (Fsp3) is 0.455. The molecule has 2 aromatic heterocycles. The van der Waals surface area contributed by atoms with Crippen molar-refractivity contribution in [3.05, 3.63) is 11.5 Å². The quantitative estimate of drug-likeness (QED) is 0.811. The molecule has 2 aromatic rings. The Morgan fingerprint density at radius 1 is 1.53 bits per heavy atom. The predicted octanol–water partition coefficient (Wildman–Crippen LogP) is 1.37. The second kappa shape index (κ2) is 5.10. The monoisotopic (exact) mass is 281 g/mol. The molecule has 7 nitrogen and oxygen atoms in total. The van der Waals surface area contributed by atoms with Gasteiger partial charge in [-0.1, -0.05) is 11.6 Å². The summed E-state index contributed by atoms with van der Waals surface area (Å²) < 4.78 is 5.28. The highest BCUT2D eigenvalue weighted by atomic mass is 35.5. The SMILES string of the molecule is O=C(Nc1nc(Cl)c2[nH]cnc2n1)C1CCCOC1. The molecule has 0 aliphatic carbocycles. The number of nitrogens with one attached hydrogen (secondary N) is 2. The number of H-pyrrole nitrogens is 1. The number of aromatic nitrogens is 4. The van der Waals surface area contributed by atoms with Crippen LogP contribution in [0.5, 0.6) is 0 Å². The Morgan fingerprint density at radius 2 is 2.42 bits per heavy atom. The molecule has 0 saturated carbocycles. The number of fused-ring (bicyclic) bond motifs is 1. The molecule has 1 fully saturated rings. The molecule has 0 bridgehead atoms. The average molecular weight is 282 g/mol. The van der Waals surface area contributed by atoms with E-state index in [-0.39, 0.29) is 22.9 Å². The number of hydrogen-bond acceptors (Lipinski definition) is 5. The smallest absolute Gasteiger partial charge is 0.233 e. The van der Waals surface area contributed by atoms with Crippen molar-refractivity contribution in [2.45, 2.75) is 12.8 Å². The zero-order chi connectivity index (χ0) is 13.2. The van der Waals surface area contributed by atoms with Gasteiger partial charge in [0.2, 0.25) is 11.9 Å². The number of anilines is 1. The number of aromatic amines is 1. The summed E-state index contributed by atoms with van der Waals surface area (Å²) in [4.78, 5) is 27.0. The Labute approximate surface area is 113 Å². The third-order valence-electron chi connectivity index (χ3n) is 3.01. The summed E-state index contributed by atoms with van der Waals surface area (Å²) in [5.74, 6) is -0.142. The molecule has 1 aliphatic rings. The third-order valence-corrected chi connectivity index (χ3v) is 3.28. The van der Waals surface area contributed by atoms with Gasteiger partial charge in [-0.15, -0.1) is 0 Å². The molecule has 100 valence electrons. The third kappa shape index (κ3) is 2.52. The van der Waals surface area contributed by atoms with E-state index in [1.807, 2.05) is 0 Å². The van der Waals surface area contributed by atoms with Crippen LogP contribution in [0.4, 0.5) is 5.95 Å². The van der Waals surface area contributed by atoms with Gasteiger partial charge in [0.1, 0.15) is 5.52 Å². The number of rotatable bonds is 2. The molecule has 0 aromatic carbocycles. The van der Waals surface area contributed by atoms with E-state index in [0.717, 1.165) is 12.8 Å². The molecule has 1 amide bonds. The molecule has 1 saturated heterocycles. The lowest BCUT2D eigenvalue weighted by molar-refractivity contribution is -0.123. The Kier molecular flexibility index (Phi) is 3.31. The van der Waals surface area contributed by atoms with Crippen molar-refractivity contribution in [2.75, 3.05) is 18.5 Å². The number of hydrogen-bond donors (Lipinski definition) is 2. The molecule has 0 radical (unpaired) electrons. The van der Waals surface area contributed by atoms with Crippen molar-refractivity contribution >= 4 is 34.6 Å². The van der Waals surface area contributed by atoms with Gasteiger partial charge in [0.15, 0.2) is 10.8 Å². The van der Waals surface area contributed by atoms with E-state index in [1.165, 1.54) is 6.33 Å². The summed E-state index contributed by atoms with van der Waals surface area (Å²) in [7, 11) is 0. The first-order valence-electron chi connectivity index (χ1n) is 5.99. The van der Waals surface area contributed by atoms with Crippen LogP contribution in [0, 0.1) is 5.92 Å². The molecule has 0 spiro atoms. The highest BCUT2D eigenvalue weighted by molar-refractivity contribution is 6.33. The number of halogens is 1. The van der Waals surface area contributed by atoms with Crippen LogP contribution < -0.4 is 5.32 Å². The Balaban J connectivity index is 1.78. The fourth-order valence-corrected chi connectivity index (χ4v) is 2.23. The summed E-state index contributed by atoms with van der Waals surface area (Å²) in [6.45, 7) is 1.15. The molecular formula is C11H12ClN5O2. The lowest BCUT2D eigenvalue weighted by Gasteiger charge is -2.20. The molecule has 1 atom stereocenters. The maximum Gasteiger partial charge on any atom is 0.233 e. The number of carbonyl (C=O) groups excluding carboxylic acids is 1. The maximum atomic E-state index is 12.0. The molecule has 2 N–H and O–H groups in total. The molecule has 3 heterocycles. The van der Waals surface area contributed by atoms with E-state index in [4.69, 9.17) is 16.3 Å². The highest BCUT2D eigenvalue weighted by Gasteiger charge is 2.22. The normalized spacial score (nSPS) is 19.5. The fourth-order valence-electron chi connectivity index (χ4n) is 2.01. The Morgan fingerprint density at radius 3 is 3.21 bits per heavy atom. The van der Waals surface area contributed by atoms with Gasteiger partial charge in [-0.3, -0.25) is 10.1 Å². The van der Waals surface area contributed by atoms with Gasteiger partial charge in [0, 0.05) is 6.61 Å². The van der Waals surface area contributed by atoms with Crippen molar-refractivity contribution in [3.8, 4) is 0 Å². The van der Waals surface area contributed by atoms with Crippen molar-refractivity contribution in [3.63, 3.8) is 0 Å². The van der Waals surface area contributed by atoms with Crippen molar-refractivity contribution in [2.24, 2.45) is 5.92 Å².